The molecular formula is C37H34S. The van der Waals surface area contributed by atoms with Gasteiger partial charge >= 0.3 is 0 Å². The summed E-state index contributed by atoms with van der Waals surface area (Å²) in [4.78, 5) is 0. The van der Waals surface area contributed by atoms with Crippen molar-refractivity contribution in [2.24, 2.45) is 0 Å². The number of rotatable bonds is 6. The second-order valence-corrected chi connectivity index (χ2v) is 12.5. The lowest BCUT2D eigenvalue weighted by atomic mass is 9.78. The fourth-order valence-corrected chi connectivity index (χ4v) is 6.77. The lowest BCUT2D eigenvalue weighted by molar-refractivity contribution is 0.523. The molecule has 38 heavy (non-hydrogen) atoms. The number of thiophene rings is 1. The lowest BCUT2D eigenvalue weighted by Crippen LogP contribution is -2.20. The van der Waals surface area contributed by atoms with E-state index in [1.54, 1.807) is 0 Å². The molecule has 1 heterocycles. The summed E-state index contributed by atoms with van der Waals surface area (Å²) < 4.78 is 2.73. The zero-order valence-electron chi connectivity index (χ0n) is 22.7. The lowest BCUT2D eigenvalue weighted by Gasteiger charge is -2.26. The van der Waals surface area contributed by atoms with Crippen LogP contribution in [-0.2, 0) is 11.8 Å². The van der Waals surface area contributed by atoms with Crippen LogP contribution in [0.2, 0.25) is 0 Å². The Balaban J connectivity index is 1.28. The molecule has 1 aromatic heterocycles. The molecule has 0 amide bonds. The predicted octanol–water partition coefficient (Wildman–Crippen LogP) is 11.0. The number of fused-ring (bicyclic) bond motifs is 3. The van der Waals surface area contributed by atoms with Crippen molar-refractivity contribution >= 4 is 31.5 Å². The van der Waals surface area contributed by atoms with E-state index in [-0.39, 0.29) is 5.41 Å². The van der Waals surface area contributed by atoms with Crippen LogP contribution in [-0.4, -0.2) is 0 Å². The Labute approximate surface area is 230 Å². The molecule has 0 spiro atoms. The van der Waals surface area contributed by atoms with Crippen LogP contribution in [0.25, 0.3) is 42.4 Å². The third-order valence-corrected chi connectivity index (χ3v) is 9.00. The molecule has 0 nitrogen and oxygen atoms in total. The minimum atomic E-state index is 0.0398. The molecule has 0 radical (unpaired) electrons. The van der Waals surface area contributed by atoms with Gasteiger partial charge in [0.1, 0.15) is 0 Å². The first kappa shape index (κ1) is 24.6. The van der Waals surface area contributed by atoms with Gasteiger partial charge in [0.2, 0.25) is 0 Å². The van der Waals surface area contributed by atoms with Crippen LogP contribution in [0.5, 0.6) is 0 Å². The summed E-state index contributed by atoms with van der Waals surface area (Å²) in [5.41, 5.74) is 9.36. The van der Waals surface area contributed by atoms with Crippen LogP contribution in [0, 0.1) is 0 Å². The number of hydrogen-bond donors (Lipinski definition) is 0. The molecule has 5 aromatic carbocycles. The summed E-state index contributed by atoms with van der Waals surface area (Å²) in [6.07, 6.45) is 1.00. The Kier molecular flexibility index (Phi) is 6.41. The average molecular weight is 511 g/mol. The van der Waals surface area contributed by atoms with E-state index < -0.39 is 0 Å². The maximum absolute atomic E-state index is 2.42. The van der Waals surface area contributed by atoms with Gasteiger partial charge in [-0.1, -0.05) is 119 Å². The van der Waals surface area contributed by atoms with Crippen molar-refractivity contribution < 1.29 is 0 Å². The van der Waals surface area contributed by atoms with E-state index in [2.05, 4.69) is 143 Å². The van der Waals surface area contributed by atoms with Gasteiger partial charge in [-0.15, -0.1) is 11.3 Å². The zero-order valence-corrected chi connectivity index (χ0v) is 23.5. The highest BCUT2D eigenvalue weighted by molar-refractivity contribution is 7.25. The van der Waals surface area contributed by atoms with Crippen molar-refractivity contribution in [1.82, 2.24) is 0 Å². The molecule has 6 rings (SSSR count). The van der Waals surface area contributed by atoms with Gasteiger partial charge in [0, 0.05) is 20.2 Å². The van der Waals surface area contributed by atoms with Crippen LogP contribution in [0.4, 0.5) is 0 Å². The molecule has 0 saturated carbocycles. The molecular weight excluding hydrogens is 476 g/mol. The van der Waals surface area contributed by atoms with Crippen molar-refractivity contribution in [3.8, 4) is 22.3 Å². The SMILES string of the molecule is CC(C)c1ccc(-c2ccc(CC(C)(C)c3ccc4sc5ccccc5c4c3)cc2)cc1-c1ccccc1. The maximum Gasteiger partial charge on any atom is 0.0355 e. The van der Waals surface area contributed by atoms with Crippen LogP contribution in [0.3, 0.4) is 0 Å². The first-order chi connectivity index (χ1) is 18.4. The van der Waals surface area contributed by atoms with E-state index in [1.807, 2.05) is 11.3 Å². The van der Waals surface area contributed by atoms with Crippen molar-refractivity contribution in [2.45, 2.75) is 45.4 Å². The van der Waals surface area contributed by atoms with E-state index in [1.165, 1.54) is 59.1 Å². The smallest absolute Gasteiger partial charge is 0.0355 e. The molecule has 0 unspecified atom stereocenters. The molecule has 0 aliphatic rings. The van der Waals surface area contributed by atoms with Crippen LogP contribution in [0.15, 0.2) is 115 Å². The van der Waals surface area contributed by atoms with E-state index in [9.17, 15) is 0 Å². The molecule has 0 N–H and O–H groups in total. The maximum atomic E-state index is 2.42. The molecule has 1 heteroatoms. The van der Waals surface area contributed by atoms with Gasteiger partial charge < -0.3 is 0 Å². The monoisotopic (exact) mass is 510 g/mol. The topological polar surface area (TPSA) is 0 Å². The highest BCUT2D eigenvalue weighted by Crippen LogP contribution is 2.38. The standard InChI is InChI=1S/C37H34S/c1-25(2)31-20-18-29(22-33(31)28-10-6-5-7-11-28)27-16-14-26(15-17-27)24-37(3,4)30-19-21-36-34(23-30)32-12-8-9-13-35(32)38-36/h5-23,25H,24H2,1-4H3. The van der Waals surface area contributed by atoms with Gasteiger partial charge in [0.25, 0.3) is 0 Å². The fourth-order valence-electron chi connectivity index (χ4n) is 5.68. The summed E-state index contributed by atoms with van der Waals surface area (Å²) in [6, 6.07) is 42.7. The largest absolute Gasteiger partial charge is 0.135 e. The normalized spacial score (nSPS) is 12.0. The Bertz CT molecular complexity index is 1720. The third kappa shape index (κ3) is 4.68. The van der Waals surface area contributed by atoms with Gasteiger partial charge in [-0.05, 0) is 81.0 Å². The number of benzene rings is 5. The second kappa shape index (κ2) is 9.89. The van der Waals surface area contributed by atoms with Crippen LogP contribution < -0.4 is 0 Å². The minimum absolute atomic E-state index is 0.0398. The fraction of sp³-hybridized carbons (Fsp3) is 0.189. The Morgan fingerprint density at radius 2 is 1.29 bits per heavy atom. The van der Waals surface area contributed by atoms with Gasteiger partial charge in [-0.25, -0.2) is 0 Å². The third-order valence-electron chi connectivity index (χ3n) is 7.85. The Hall–Kier alpha value is -3.68. The molecule has 0 aliphatic carbocycles. The van der Waals surface area contributed by atoms with Gasteiger partial charge in [0.15, 0.2) is 0 Å². The van der Waals surface area contributed by atoms with E-state index in [0.29, 0.717) is 5.92 Å². The molecule has 0 fully saturated rings. The highest BCUT2D eigenvalue weighted by Gasteiger charge is 2.22. The molecule has 0 saturated heterocycles. The molecule has 0 atom stereocenters. The van der Waals surface area contributed by atoms with E-state index in [0.717, 1.165) is 6.42 Å². The van der Waals surface area contributed by atoms with E-state index in [4.69, 9.17) is 0 Å². The summed E-state index contributed by atoms with van der Waals surface area (Å²) in [6.45, 7) is 9.29. The quantitative estimate of drug-likeness (QED) is 0.209. The first-order valence-electron chi connectivity index (χ1n) is 13.6. The summed E-state index contributed by atoms with van der Waals surface area (Å²) in [5.74, 6) is 0.482. The van der Waals surface area contributed by atoms with Crippen molar-refractivity contribution in [3.63, 3.8) is 0 Å². The van der Waals surface area contributed by atoms with Crippen molar-refractivity contribution in [2.75, 3.05) is 0 Å². The average Bonchev–Trinajstić information content (AvgIpc) is 3.31. The molecule has 188 valence electrons. The summed E-state index contributed by atoms with van der Waals surface area (Å²) in [5, 5.41) is 2.75. The Morgan fingerprint density at radius 3 is 2.05 bits per heavy atom. The van der Waals surface area contributed by atoms with Crippen molar-refractivity contribution in [3.05, 3.63) is 132 Å². The summed E-state index contributed by atoms with van der Waals surface area (Å²) >= 11 is 1.89. The molecule has 6 aromatic rings. The highest BCUT2D eigenvalue weighted by atomic mass is 32.1. The molecule has 0 bridgehead atoms. The van der Waals surface area contributed by atoms with Gasteiger partial charge in [0.05, 0.1) is 0 Å². The minimum Gasteiger partial charge on any atom is -0.135 e. The summed E-state index contributed by atoms with van der Waals surface area (Å²) in [7, 11) is 0. The first-order valence-corrected chi connectivity index (χ1v) is 14.4. The number of hydrogen-bond acceptors (Lipinski definition) is 1. The second-order valence-electron chi connectivity index (χ2n) is 11.4. The van der Waals surface area contributed by atoms with Gasteiger partial charge in [-0.3, -0.25) is 0 Å². The van der Waals surface area contributed by atoms with Crippen LogP contribution >= 0.6 is 11.3 Å². The zero-order chi connectivity index (χ0) is 26.3. The Morgan fingerprint density at radius 1 is 0.605 bits per heavy atom. The van der Waals surface area contributed by atoms with Gasteiger partial charge in [-0.2, -0.15) is 0 Å². The molecule has 0 aliphatic heterocycles. The van der Waals surface area contributed by atoms with Crippen LogP contribution in [0.1, 0.15) is 50.3 Å². The predicted molar refractivity (Wildman–Crippen MR) is 167 cm³/mol. The van der Waals surface area contributed by atoms with Crippen molar-refractivity contribution in [1.29, 1.82) is 0 Å². The van der Waals surface area contributed by atoms with E-state index >= 15 is 0 Å².